The minimum Gasteiger partial charge on any atom is -0.466 e. The van der Waals surface area contributed by atoms with Crippen LogP contribution in [0.5, 0.6) is 0 Å². The molecule has 1 N–H and O–H groups in total. The van der Waals surface area contributed by atoms with Crippen molar-refractivity contribution in [1.29, 1.82) is 0 Å². The van der Waals surface area contributed by atoms with E-state index in [2.05, 4.69) is 46.4 Å². The number of pyridine rings is 1. The second kappa shape index (κ2) is 22.2. The van der Waals surface area contributed by atoms with Gasteiger partial charge in [-0.2, -0.15) is 0 Å². The molecule has 256 valence electrons. The summed E-state index contributed by atoms with van der Waals surface area (Å²) in [6, 6.07) is 16.4. The molecule has 1 aliphatic heterocycles. The van der Waals surface area contributed by atoms with Crippen molar-refractivity contribution in [2.75, 3.05) is 36.5 Å². The number of carbonyl (C=O) groups is 1. The number of unbranched alkanes of at least 4 members (excludes halogenated alkanes) is 15. The zero-order valence-electron chi connectivity index (χ0n) is 29.1. The van der Waals surface area contributed by atoms with Gasteiger partial charge in [-0.15, -0.1) is 0 Å². The first-order valence-corrected chi connectivity index (χ1v) is 18.7. The summed E-state index contributed by atoms with van der Waals surface area (Å²) >= 11 is 0. The van der Waals surface area contributed by atoms with Crippen LogP contribution >= 0.6 is 0 Å². The zero-order valence-corrected chi connectivity index (χ0v) is 29.1. The van der Waals surface area contributed by atoms with E-state index in [-0.39, 0.29) is 5.97 Å². The van der Waals surface area contributed by atoms with Gasteiger partial charge in [-0.1, -0.05) is 134 Å². The van der Waals surface area contributed by atoms with Crippen molar-refractivity contribution in [1.82, 2.24) is 15.0 Å². The van der Waals surface area contributed by atoms with Crippen molar-refractivity contribution in [2.24, 2.45) is 0 Å². The highest BCUT2D eigenvalue weighted by Gasteiger charge is 2.18. The van der Waals surface area contributed by atoms with Gasteiger partial charge < -0.3 is 15.0 Å². The molecule has 1 aromatic carbocycles. The number of carbonyl (C=O) groups excluding carboxylic acids is 1. The Hall–Kier alpha value is -3.48. The van der Waals surface area contributed by atoms with Gasteiger partial charge in [0.05, 0.1) is 13.0 Å². The second-order valence-electron chi connectivity index (χ2n) is 13.1. The SMILES string of the molecule is CCCCCCCCCCCCCCCCCCOC(=O)CCNc1cc(N2CCc3ccccc3CC2)nc(-c2ccccn2)n1. The van der Waals surface area contributed by atoms with Gasteiger partial charge in [0.1, 0.15) is 17.3 Å². The smallest absolute Gasteiger partial charge is 0.307 e. The van der Waals surface area contributed by atoms with Crippen LogP contribution < -0.4 is 10.2 Å². The van der Waals surface area contributed by atoms with Crippen molar-refractivity contribution in [2.45, 2.75) is 129 Å². The van der Waals surface area contributed by atoms with Gasteiger partial charge in [0, 0.05) is 31.9 Å². The Morgan fingerprint density at radius 2 is 1.32 bits per heavy atom. The van der Waals surface area contributed by atoms with Crippen LogP contribution in [0.2, 0.25) is 0 Å². The molecule has 2 aromatic heterocycles. The minimum atomic E-state index is -0.164. The third-order valence-electron chi connectivity index (χ3n) is 9.25. The third kappa shape index (κ3) is 14.0. The van der Waals surface area contributed by atoms with E-state index in [1.165, 1.54) is 101 Å². The van der Waals surface area contributed by atoms with Crippen LogP contribution in [0.1, 0.15) is 127 Å². The summed E-state index contributed by atoms with van der Waals surface area (Å²) in [6.45, 7) is 5.03. The molecule has 0 radical (unpaired) electrons. The molecule has 0 saturated carbocycles. The first kappa shape index (κ1) is 36.4. The normalized spacial score (nSPS) is 12.8. The van der Waals surface area contributed by atoms with E-state index in [1.54, 1.807) is 6.20 Å². The molecule has 0 spiro atoms. The molecular weight excluding hydrogens is 582 g/mol. The third-order valence-corrected chi connectivity index (χ3v) is 9.25. The number of fused-ring (bicyclic) bond motifs is 1. The largest absolute Gasteiger partial charge is 0.466 e. The van der Waals surface area contributed by atoms with E-state index in [0.717, 1.165) is 50.3 Å². The number of anilines is 2. The summed E-state index contributed by atoms with van der Waals surface area (Å²) < 4.78 is 5.53. The number of rotatable bonds is 23. The molecule has 3 heterocycles. The summed E-state index contributed by atoms with van der Waals surface area (Å²) in [7, 11) is 0. The van der Waals surface area contributed by atoms with Gasteiger partial charge in [-0.3, -0.25) is 9.78 Å². The van der Waals surface area contributed by atoms with Crippen LogP contribution in [0.15, 0.2) is 54.7 Å². The standard InChI is InChI=1S/C40H59N5O2/c1-2-3-4-5-6-7-8-9-10-11-12-13-14-15-16-21-32-47-39(46)25-29-42-37-33-38(44-40(43-37)36-24-19-20-28-41-36)45-30-26-34-22-17-18-23-35(34)27-31-45/h17-20,22-24,28,33H,2-16,21,25-27,29-32H2,1H3,(H,42,43,44). The lowest BCUT2D eigenvalue weighted by atomic mass is 10.0. The van der Waals surface area contributed by atoms with Crippen molar-refractivity contribution in [3.63, 3.8) is 0 Å². The predicted molar refractivity (Wildman–Crippen MR) is 195 cm³/mol. The topological polar surface area (TPSA) is 80.2 Å². The average molecular weight is 642 g/mol. The van der Waals surface area contributed by atoms with E-state index in [4.69, 9.17) is 14.7 Å². The van der Waals surface area contributed by atoms with Crippen molar-refractivity contribution in [3.8, 4) is 11.5 Å². The lowest BCUT2D eigenvalue weighted by molar-refractivity contribution is -0.143. The number of hydrogen-bond donors (Lipinski definition) is 1. The van der Waals surface area contributed by atoms with Crippen molar-refractivity contribution in [3.05, 3.63) is 65.9 Å². The van der Waals surface area contributed by atoms with E-state index >= 15 is 0 Å². The van der Waals surface area contributed by atoms with Crippen LogP contribution in [0, 0.1) is 0 Å². The summed E-state index contributed by atoms with van der Waals surface area (Å²) in [5.74, 6) is 1.99. The maximum absolute atomic E-state index is 12.4. The number of hydrogen-bond acceptors (Lipinski definition) is 7. The van der Waals surface area contributed by atoms with Gasteiger partial charge in [-0.25, -0.2) is 9.97 Å². The Bertz CT molecular complexity index is 1260. The Labute approximate surface area is 284 Å². The maximum Gasteiger partial charge on any atom is 0.307 e. The van der Waals surface area contributed by atoms with Crippen LogP contribution in [0.3, 0.4) is 0 Å². The molecule has 47 heavy (non-hydrogen) atoms. The van der Waals surface area contributed by atoms with Crippen LogP contribution in [-0.2, 0) is 22.4 Å². The number of nitrogens with one attached hydrogen (secondary N) is 1. The highest BCUT2D eigenvalue weighted by molar-refractivity contribution is 5.70. The molecule has 0 bridgehead atoms. The lowest BCUT2D eigenvalue weighted by Gasteiger charge is -2.22. The molecule has 3 aromatic rings. The predicted octanol–water partition coefficient (Wildman–Crippen LogP) is 9.75. The quantitative estimate of drug-likeness (QED) is 0.0815. The lowest BCUT2D eigenvalue weighted by Crippen LogP contribution is -2.27. The first-order valence-electron chi connectivity index (χ1n) is 18.7. The maximum atomic E-state index is 12.4. The van der Waals surface area contributed by atoms with Gasteiger partial charge in [0.15, 0.2) is 5.82 Å². The van der Waals surface area contributed by atoms with E-state index < -0.39 is 0 Å². The van der Waals surface area contributed by atoms with Gasteiger partial charge in [-0.05, 0) is 42.5 Å². The summed E-state index contributed by atoms with van der Waals surface area (Å²) in [6.07, 6.45) is 25.4. The molecule has 7 nitrogen and oxygen atoms in total. The van der Waals surface area contributed by atoms with E-state index in [0.29, 0.717) is 31.2 Å². The summed E-state index contributed by atoms with van der Waals surface area (Å²) in [5, 5.41) is 3.35. The molecule has 1 aliphatic rings. The van der Waals surface area contributed by atoms with Gasteiger partial charge in [0.2, 0.25) is 0 Å². The summed E-state index contributed by atoms with van der Waals surface area (Å²) in [5.41, 5.74) is 3.55. The van der Waals surface area contributed by atoms with Crippen LogP contribution in [0.4, 0.5) is 11.6 Å². The molecule has 7 heteroatoms. The molecule has 0 amide bonds. The van der Waals surface area contributed by atoms with E-state index in [1.807, 2.05) is 24.3 Å². The molecule has 0 fully saturated rings. The molecule has 0 unspecified atom stereocenters. The van der Waals surface area contributed by atoms with E-state index in [9.17, 15) is 4.79 Å². The average Bonchev–Trinajstić information content (AvgIpc) is 3.33. The fourth-order valence-corrected chi connectivity index (χ4v) is 6.39. The van der Waals surface area contributed by atoms with Crippen LogP contribution in [0.25, 0.3) is 11.5 Å². The Kier molecular flexibility index (Phi) is 17.1. The monoisotopic (exact) mass is 641 g/mol. The molecule has 4 rings (SSSR count). The Morgan fingerprint density at radius 1 is 0.745 bits per heavy atom. The number of ether oxygens (including phenoxy) is 1. The van der Waals surface area contributed by atoms with Crippen LogP contribution in [-0.4, -0.2) is 47.2 Å². The number of esters is 1. The highest BCUT2D eigenvalue weighted by atomic mass is 16.5. The number of aromatic nitrogens is 3. The Morgan fingerprint density at radius 3 is 1.89 bits per heavy atom. The second-order valence-corrected chi connectivity index (χ2v) is 13.1. The van der Waals surface area contributed by atoms with Crippen molar-refractivity contribution >= 4 is 17.6 Å². The summed E-state index contributed by atoms with van der Waals surface area (Å²) in [4.78, 5) is 28.9. The number of benzene rings is 1. The molecule has 0 aliphatic carbocycles. The molecular formula is C40H59N5O2. The van der Waals surface area contributed by atoms with Crippen molar-refractivity contribution < 1.29 is 9.53 Å². The molecule has 0 atom stereocenters. The highest BCUT2D eigenvalue weighted by Crippen LogP contribution is 2.24. The van der Waals surface area contributed by atoms with Gasteiger partial charge >= 0.3 is 5.97 Å². The Balaban J connectivity index is 1.09. The molecule has 0 saturated heterocycles. The fourth-order valence-electron chi connectivity index (χ4n) is 6.39. The zero-order chi connectivity index (χ0) is 32.8. The van der Waals surface area contributed by atoms with Gasteiger partial charge in [0.25, 0.3) is 0 Å². The fraction of sp³-hybridized carbons (Fsp3) is 0.600. The number of nitrogens with zero attached hydrogens (tertiary/aromatic N) is 4. The first-order chi connectivity index (χ1) is 23.2. The minimum absolute atomic E-state index is 0.164.